The van der Waals surface area contributed by atoms with Crippen LogP contribution < -0.4 is 9.46 Å². The summed E-state index contributed by atoms with van der Waals surface area (Å²) in [6.45, 7) is -0.0868. The summed E-state index contributed by atoms with van der Waals surface area (Å²) < 4.78 is 31.6. The molecule has 0 unspecified atom stereocenters. The van der Waals surface area contributed by atoms with Crippen molar-refractivity contribution in [1.29, 1.82) is 0 Å². The molecule has 1 aliphatic rings. The van der Waals surface area contributed by atoms with E-state index in [9.17, 15) is 38.3 Å². The van der Waals surface area contributed by atoms with Crippen molar-refractivity contribution in [3.05, 3.63) is 93.5 Å². The normalized spacial score (nSPS) is 14.4. The molecule has 13 heteroatoms. The van der Waals surface area contributed by atoms with Crippen molar-refractivity contribution in [3.63, 3.8) is 0 Å². The second kappa shape index (κ2) is 14.3. The van der Waals surface area contributed by atoms with Gasteiger partial charge < -0.3 is 19.8 Å². The topological polar surface area (TPSA) is 176 Å². The monoisotopic (exact) mass is 625 g/mol. The average Bonchev–Trinajstić information content (AvgIpc) is 2.99. The van der Waals surface area contributed by atoms with E-state index >= 15 is 0 Å². The van der Waals surface area contributed by atoms with Crippen molar-refractivity contribution in [2.24, 2.45) is 0 Å². The largest absolute Gasteiger partial charge is 0.490 e. The van der Waals surface area contributed by atoms with Crippen molar-refractivity contribution in [2.75, 3.05) is 19.3 Å². The first-order valence-corrected chi connectivity index (χ1v) is 16.1. The van der Waals surface area contributed by atoms with Crippen LogP contribution in [0.3, 0.4) is 0 Å². The van der Waals surface area contributed by atoms with Crippen molar-refractivity contribution in [3.8, 4) is 16.9 Å². The lowest BCUT2D eigenvalue weighted by molar-refractivity contribution is -0.384. The van der Waals surface area contributed by atoms with Crippen LogP contribution in [0, 0.1) is 10.1 Å². The van der Waals surface area contributed by atoms with Crippen LogP contribution in [0.25, 0.3) is 11.1 Å². The Morgan fingerprint density at radius 1 is 1.02 bits per heavy atom. The number of nitrogens with one attached hydrogen (secondary N) is 1. The SMILES string of the molecule is CS(=O)(=O)NC(=O)c1ccc(-c2ccc(CCN(C[C@@H](O)c3ccc([N+](=O)[O-])cc3)C(=O)O)cc2)cc1OC1CCCCC1. The molecule has 1 fully saturated rings. The third-order valence-electron chi connectivity index (χ3n) is 7.46. The number of carbonyl (C=O) groups excluding carboxylic acids is 1. The van der Waals surface area contributed by atoms with Gasteiger partial charge in [-0.2, -0.15) is 0 Å². The molecular formula is C31H35N3O9S. The Kier molecular flexibility index (Phi) is 10.6. The van der Waals surface area contributed by atoms with Gasteiger partial charge >= 0.3 is 6.09 Å². The maximum Gasteiger partial charge on any atom is 0.407 e. The van der Waals surface area contributed by atoms with E-state index in [0.717, 1.165) is 60.0 Å². The fraction of sp³-hybridized carbons (Fsp3) is 0.355. The number of rotatable bonds is 12. The lowest BCUT2D eigenvalue weighted by Crippen LogP contribution is -2.35. The molecule has 1 atom stereocenters. The van der Waals surface area contributed by atoms with Gasteiger partial charge in [0.05, 0.1) is 35.5 Å². The number of sulfonamides is 1. The second-order valence-electron chi connectivity index (χ2n) is 10.8. The first-order chi connectivity index (χ1) is 20.9. The summed E-state index contributed by atoms with van der Waals surface area (Å²) in [6, 6.07) is 17.7. The van der Waals surface area contributed by atoms with Gasteiger partial charge in [0.2, 0.25) is 10.0 Å². The van der Waals surface area contributed by atoms with Gasteiger partial charge in [-0.1, -0.05) is 36.8 Å². The number of aliphatic hydroxyl groups is 1. The first kappa shape index (κ1) is 32.4. The fourth-order valence-electron chi connectivity index (χ4n) is 5.10. The number of nitro benzene ring substituents is 1. The van der Waals surface area contributed by atoms with Crippen LogP contribution in [0.15, 0.2) is 66.7 Å². The number of ether oxygens (including phenoxy) is 1. The lowest BCUT2D eigenvalue weighted by Gasteiger charge is -2.24. The Balaban J connectivity index is 1.45. The predicted molar refractivity (Wildman–Crippen MR) is 163 cm³/mol. The molecule has 44 heavy (non-hydrogen) atoms. The van der Waals surface area contributed by atoms with E-state index in [-0.39, 0.29) is 30.4 Å². The van der Waals surface area contributed by atoms with Crippen LogP contribution in [-0.2, 0) is 16.4 Å². The minimum atomic E-state index is -3.76. The van der Waals surface area contributed by atoms with Crippen molar-refractivity contribution in [2.45, 2.75) is 50.7 Å². The van der Waals surface area contributed by atoms with Crippen LogP contribution in [0.5, 0.6) is 5.75 Å². The molecule has 2 amide bonds. The highest BCUT2D eigenvalue weighted by molar-refractivity contribution is 7.89. The van der Waals surface area contributed by atoms with Crippen LogP contribution in [-0.4, -0.2) is 65.9 Å². The number of nitro groups is 1. The second-order valence-corrected chi connectivity index (χ2v) is 12.6. The summed E-state index contributed by atoms with van der Waals surface area (Å²) in [5.74, 6) is -0.454. The maximum atomic E-state index is 12.7. The number of hydrogen-bond acceptors (Lipinski definition) is 8. The van der Waals surface area contributed by atoms with E-state index < -0.39 is 33.1 Å². The highest BCUT2D eigenvalue weighted by atomic mass is 32.2. The molecule has 0 bridgehead atoms. The van der Waals surface area contributed by atoms with Gasteiger partial charge in [-0.15, -0.1) is 0 Å². The van der Waals surface area contributed by atoms with Gasteiger partial charge in [-0.3, -0.25) is 14.9 Å². The van der Waals surface area contributed by atoms with E-state index in [2.05, 4.69) is 0 Å². The fourth-order valence-corrected chi connectivity index (χ4v) is 5.54. The van der Waals surface area contributed by atoms with E-state index in [1.54, 1.807) is 18.2 Å². The molecule has 0 aliphatic heterocycles. The Morgan fingerprint density at radius 3 is 2.25 bits per heavy atom. The zero-order valence-electron chi connectivity index (χ0n) is 24.2. The number of aliphatic hydroxyl groups excluding tert-OH is 1. The summed E-state index contributed by atoms with van der Waals surface area (Å²) >= 11 is 0. The van der Waals surface area contributed by atoms with Gasteiger partial charge in [-0.25, -0.2) is 17.9 Å². The minimum absolute atomic E-state index is 0.0673. The Hall–Kier alpha value is -4.49. The summed E-state index contributed by atoms with van der Waals surface area (Å²) in [7, 11) is -3.76. The third-order valence-corrected chi connectivity index (χ3v) is 8.02. The number of nitrogens with zero attached hydrogens (tertiary/aromatic N) is 2. The third kappa shape index (κ3) is 9.01. The first-order valence-electron chi connectivity index (χ1n) is 14.2. The molecule has 1 saturated carbocycles. The zero-order valence-corrected chi connectivity index (χ0v) is 25.0. The number of benzene rings is 3. The number of carboxylic acid groups (broad SMARTS) is 1. The number of carbonyl (C=O) groups is 2. The summed E-state index contributed by atoms with van der Waals surface area (Å²) in [5, 5.41) is 31.1. The molecule has 0 saturated heterocycles. The average molecular weight is 626 g/mol. The highest BCUT2D eigenvalue weighted by Gasteiger charge is 2.22. The quantitative estimate of drug-likeness (QED) is 0.186. The van der Waals surface area contributed by atoms with Gasteiger partial charge in [-0.05, 0) is 78.6 Å². The minimum Gasteiger partial charge on any atom is -0.490 e. The lowest BCUT2D eigenvalue weighted by atomic mass is 9.97. The number of hydrogen-bond donors (Lipinski definition) is 3. The van der Waals surface area contributed by atoms with Crippen LogP contribution in [0.4, 0.5) is 10.5 Å². The van der Waals surface area contributed by atoms with Gasteiger partial charge in [0, 0.05) is 18.7 Å². The van der Waals surface area contributed by atoms with Crippen LogP contribution >= 0.6 is 0 Å². The van der Waals surface area contributed by atoms with Crippen molar-refractivity contribution < 1.29 is 37.9 Å². The molecule has 1 aliphatic carbocycles. The van der Waals surface area contributed by atoms with E-state index in [0.29, 0.717) is 17.7 Å². The van der Waals surface area contributed by atoms with Crippen molar-refractivity contribution >= 4 is 27.7 Å². The summed E-state index contributed by atoms with van der Waals surface area (Å²) in [5.41, 5.74) is 2.81. The molecule has 12 nitrogen and oxygen atoms in total. The molecular weight excluding hydrogens is 590 g/mol. The van der Waals surface area contributed by atoms with Crippen molar-refractivity contribution in [1.82, 2.24) is 9.62 Å². The molecule has 4 rings (SSSR count). The van der Waals surface area contributed by atoms with Gasteiger partial charge in [0.15, 0.2) is 0 Å². The molecule has 0 spiro atoms. The maximum absolute atomic E-state index is 12.7. The number of non-ortho nitro benzene ring substituents is 1. The van der Waals surface area contributed by atoms with Crippen LogP contribution in [0.1, 0.15) is 59.7 Å². The molecule has 3 N–H and O–H groups in total. The Morgan fingerprint density at radius 2 is 1.66 bits per heavy atom. The molecule has 3 aromatic rings. The Labute approximate surface area is 255 Å². The van der Waals surface area contributed by atoms with Gasteiger partial charge in [0.1, 0.15) is 5.75 Å². The van der Waals surface area contributed by atoms with E-state index in [4.69, 9.17) is 4.74 Å². The zero-order chi connectivity index (χ0) is 31.9. The molecule has 0 aromatic heterocycles. The summed E-state index contributed by atoms with van der Waals surface area (Å²) in [6.07, 6.45) is 3.74. The Bertz CT molecular complexity index is 1590. The molecule has 0 heterocycles. The number of amides is 2. The molecule has 0 radical (unpaired) electrons. The molecule has 3 aromatic carbocycles. The highest BCUT2D eigenvalue weighted by Crippen LogP contribution is 2.31. The standard InChI is InChI=1S/C31H35N3O9S/c1-44(41,42)32-30(36)27-16-13-24(19-29(27)43-26-5-3-2-4-6-26)22-9-7-21(8-10-22)17-18-33(31(37)38)20-28(35)23-11-14-25(15-12-23)34(39)40/h7-16,19,26,28,35H,2-6,17-18,20H2,1H3,(H,32,36)(H,37,38)/t28-/m1/s1. The van der Waals surface area contributed by atoms with Gasteiger partial charge in [0.25, 0.3) is 11.6 Å². The summed E-state index contributed by atoms with van der Waals surface area (Å²) in [4.78, 5) is 36.0. The smallest absolute Gasteiger partial charge is 0.407 e. The van der Waals surface area contributed by atoms with E-state index in [1.165, 1.54) is 24.3 Å². The predicted octanol–water partition coefficient (Wildman–Crippen LogP) is 4.92. The van der Waals surface area contributed by atoms with E-state index in [1.807, 2.05) is 29.0 Å². The molecule has 234 valence electrons. The van der Waals surface area contributed by atoms with Crippen LogP contribution in [0.2, 0.25) is 0 Å².